The minimum atomic E-state index is 0.504. The van der Waals surface area contributed by atoms with Gasteiger partial charge in [-0.1, -0.05) is 51.2 Å². The van der Waals surface area contributed by atoms with Crippen LogP contribution in [0.4, 0.5) is 0 Å². The maximum Gasteiger partial charge on any atom is -0.00790 e. The monoisotopic (exact) mass is 197 g/mol. The van der Waals surface area contributed by atoms with E-state index in [1.165, 1.54) is 44.3 Å². The van der Waals surface area contributed by atoms with E-state index in [1.54, 1.807) is 0 Å². The summed E-state index contributed by atoms with van der Waals surface area (Å²) in [5.74, 6) is 1.39. The van der Waals surface area contributed by atoms with E-state index in [-0.39, 0.29) is 0 Å². The second-order valence-corrected chi connectivity index (χ2v) is 5.49. The van der Waals surface area contributed by atoms with E-state index in [1.807, 2.05) is 0 Å². The summed E-state index contributed by atoms with van der Waals surface area (Å²) >= 11 is 0. The Balaban J connectivity index is 1.84. The summed E-state index contributed by atoms with van der Waals surface area (Å²) in [6.07, 6.45) is 12.9. The van der Waals surface area contributed by atoms with Crippen molar-refractivity contribution in [1.29, 1.82) is 0 Å². The molecule has 0 spiro atoms. The van der Waals surface area contributed by atoms with Crippen molar-refractivity contribution in [2.45, 2.75) is 45.4 Å². The van der Waals surface area contributed by atoms with Crippen molar-refractivity contribution in [2.24, 2.45) is 0 Å². The lowest BCUT2D eigenvalue weighted by atomic mass is 10.1. The predicted molar refractivity (Wildman–Crippen MR) is 64.1 cm³/mol. The third kappa shape index (κ3) is 5.20. The zero-order chi connectivity index (χ0) is 9.36. The highest BCUT2D eigenvalue weighted by Gasteiger charge is 1.99. The summed E-state index contributed by atoms with van der Waals surface area (Å²) in [6.45, 7) is 2.27. The Labute approximate surface area is 85.5 Å². The van der Waals surface area contributed by atoms with Crippen LogP contribution in [0, 0.1) is 0 Å². The van der Waals surface area contributed by atoms with E-state index >= 15 is 0 Å². The lowest BCUT2D eigenvalue weighted by Gasteiger charge is -2.06. The minimum Gasteiger partial charge on any atom is -0.162 e. The van der Waals surface area contributed by atoms with Gasteiger partial charge in [-0.05, 0) is 23.0 Å². The van der Waals surface area contributed by atoms with Crippen LogP contribution in [-0.2, 0) is 0 Å². The highest BCUT2D eigenvalue weighted by molar-refractivity contribution is 8.22. The van der Waals surface area contributed by atoms with Crippen LogP contribution in [0.2, 0.25) is 0 Å². The fraction of sp³-hybridized carbons (Fsp3) is 0.667. The highest BCUT2D eigenvalue weighted by atomic mass is 32.2. The Morgan fingerprint density at radius 2 is 1.46 bits per heavy atom. The van der Waals surface area contributed by atoms with Crippen molar-refractivity contribution >= 4 is 10.9 Å². The first kappa shape index (κ1) is 10.9. The molecule has 0 saturated carbocycles. The molecule has 0 atom stereocenters. The van der Waals surface area contributed by atoms with E-state index in [0.29, 0.717) is 10.9 Å². The van der Waals surface area contributed by atoms with Crippen molar-refractivity contribution in [1.82, 2.24) is 0 Å². The standard InChI is InChI=1S/C12H21S/c1-2-3-4-5-6-7-10-13-11-8-9-12-13/h8-9,11-12H,2-7,10H2,1H3. The van der Waals surface area contributed by atoms with Gasteiger partial charge >= 0.3 is 0 Å². The molecular formula is C12H21S. The van der Waals surface area contributed by atoms with E-state index in [0.717, 1.165) is 0 Å². The number of hydrogen-bond donors (Lipinski definition) is 0. The van der Waals surface area contributed by atoms with Crippen LogP contribution in [0.3, 0.4) is 0 Å². The zero-order valence-electron chi connectivity index (χ0n) is 8.67. The van der Waals surface area contributed by atoms with Gasteiger partial charge in [0.1, 0.15) is 0 Å². The Kier molecular flexibility index (Phi) is 6.09. The Hall–Kier alpha value is -0.170. The van der Waals surface area contributed by atoms with Gasteiger partial charge in [0.05, 0.1) is 0 Å². The third-order valence-corrected chi connectivity index (χ3v) is 4.12. The molecule has 1 radical (unpaired) electrons. The van der Waals surface area contributed by atoms with E-state index < -0.39 is 0 Å². The Morgan fingerprint density at radius 1 is 0.846 bits per heavy atom. The quantitative estimate of drug-likeness (QED) is 0.521. The summed E-state index contributed by atoms with van der Waals surface area (Å²) in [5, 5.41) is 4.68. The molecule has 75 valence electrons. The van der Waals surface area contributed by atoms with E-state index in [9.17, 15) is 0 Å². The van der Waals surface area contributed by atoms with Gasteiger partial charge in [0.2, 0.25) is 0 Å². The average molecular weight is 197 g/mol. The zero-order valence-corrected chi connectivity index (χ0v) is 9.48. The van der Waals surface area contributed by atoms with Gasteiger partial charge in [-0.25, -0.2) is 0 Å². The van der Waals surface area contributed by atoms with Gasteiger partial charge in [-0.15, -0.1) is 0 Å². The van der Waals surface area contributed by atoms with E-state index in [2.05, 4.69) is 29.9 Å². The Morgan fingerprint density at radius 3 is 2.15 bits per heavy atom. The molecule has 1 heteroatoms. The maximum atomic E-state index is 2.34. The number of rotatable bonds is 7. The smallest absolute Gasteiger partial charge is 0.00790 e. The fourth-order valence-electron chi connectivity index (χ4n) is 1.52. The summed E-state index contributed by atoms with van der Waals surface area (Å²) in [6, 6.07) is 0. The summed E-state index contributed by atoms with van der Waals surface area (Å²) < 4.78 is 0. The topological polar surface area (TPSA) is 0 Å². The average Bonchev–Trinajstić information content (AvgIpc) is 2.63. The number of allylic oxidation sites excluding steroid dienone is 2. The molecule has 0 saturated heterocycles. The minimum absolute atomic E-state index is 0.504. The normalized spacial score (nSPS) is 15.8. The molecule has 0 N–H and O–H groups in total. The van der Waals surface area contributed by atoms with Crippen LogP contribution in [0.15, 0.2) is 23.0 Å². The molecule has 1 aliphatic rings. The van der Waals surface area contributed by atoms with Gasteiger partial charge < -0.3 is 0 Å². The fourth-order valence-corrected chi connectivity index (χ4v) is 3.01. The van der Waals surface area contributed by atoms with Crippen molar-refractivity contribution < 1.29 is 0 Å². The molecular weight excluding hydrogens is 176 g/mol. The molecule has 0 fully saturated rings. The van der Waals surface area contributed by atoms with Crippen LogP contribution in [-0.4, -0.2) is 5.75 Å². The molecule has 0 aromatic rings. The number of hydrogen-bond acceptors (Lipinski definition) is 0. The molecule has 1 rings (SSSR count). The predicted octanol–water partition coefficient (Wildman–Crippen LogP) is 4.66. The third-order valence-electron chi connectivity index (χ3n) is 2.35. The van der Waals surface area contributed by atoms with Crippen molar-refractivity contribution in [3.63, 3.8) is 0 Å². The van der Waals surface area contributed by atoms with Gasteiger partial charge in [-0.2, -0.15) is 10.9 Å². The molecule has 13 heavy (non-hydrogen) atoms. The molecule has 0 bridgehead atoms. The van der Waals surface area contributed by atoms with Crippen LogP contribution in [0.5, 0.6) is 0 Å². The molecule has 0 nitrogen and oxygen atoms in total. The molecule has 0 aliphatic carbocycles. The van der Waals surface area contributed by atoms with Crippen LogP contribution >= 0.6 is 10.9 Å². The molecule has 0 aromatic heterocycles. The van der Waals surface area contributed by atoms with Gasteiger partial charge in [0, 0.05) is 0 Å². The first-order chi connectivity index (χ1) is 6.43. The van der Waals surface area contributed by atoms with Crippen molar-refractivity contribution in [3.8, 4) is 0 Å². The first-order valence-corrected chi connectivity index (χ1v) is 6.99. The molecule has 0 unspecified atom stereocenters. The van der Waals surface area contributed by atoms with Crippen LogP contribution in [0.1, 0.15) is 45.4 Å². The van der Waals surface area contributed by atoms with Gasteiger partial charge in [0.15, 0.2) is 0 Å². The second kappa shape index (κ2) is 7.25. The highest BCUT2D eigenvalue weighted by Crippen LogP contribution is 2.33. The molecule has 0 aromatic carbocycles. The molecule has 1 heterocycles. The number of unbranched alkanes of at least 4 members (excludes halogenated alkanes) is 5. The largest absolute Gasteiger partial charge is 0.162 e. The SMILES string of the molecule is CCCCCCCC[S]1C=CC=C1. The summed E-state index contributed by atoms with van der Waals surface area (Å²) in [4.78, 5) is 0. The van der Waals surface area contributed by atoms with Crippen molar-refractivity contribution in [3.05, 3.63) is 23.0 Å². The van der Waals surface area contributed by atoms with Gasteiger partial charge in [0.25, 0.3) is 0 Å². The lowest BCUT2D eigenvalue weighted by molar-refractivity contribution is 0.627. The maximum absolute atomic E-state index is 2.34. The van der Waals surface area contributed by atoms with Crippen LogP contribution in [0.25, 0.3) is 0 Å². The molecule has 0 amide bonds. The lowest BCUT2D eigenvalue weighted by Crippen LogP contribution is -1.84. The van der Waals surface area contributed by atoms with Crippen LogP contribution < -0.4 is 0 Å². The first-order valence-electron chi connectivity index (χ1n) is 5.47. The Bertz CT molecular complexity index is 158. The summed E-state index contributed by atoms with van der Waals surface area (Å²) in [5.41, 5.74) is 0. The van der Waals surface area contributed by atoms with E-state index in [4.69, 9.17) is 0 Å². The van der Waals surface area contributed by atoms with Crippen molar-refractivity contribution in [2.75, 3.05) is 5.75 Å². The second-order valence-electron chi connectivity index (χ2n) is 3.60. The van der Waals surface area contributed by atoms with Gasteiger partial charge in [-0.3, -0.25) is 0 Å². The molecule has 1 aliphatic heterocycles. The summed E-state index contributed by atoms with van der Waals surface area (Å²) in [7, 11) is 0.504.